The summed E-state index contributed by atoms with van der Waals surface area (Å²) >= 11 is 0. The van der Waals surface area contributed by atoms with E-state index >= 15 is 0 Å². The minimum absolute atomic E-state index is 0.0216. The van der Waals surface area contributed by atoms with Crippen molar-refractivity contribution < 1.29 is 19.1 Å². The van der Waals surface area contributed by atoms with Gasteiger partial charge in [0.25, 0.3) is 0 Å². The number of halogens is 1. The Kier molecular flexibility index (Phi) is 5.87. The Morgan fingerprint density at radius 2 is 1.97 bits per heavy atom. The number of piperidine rings is 1. The molecule has 0 atom stereocenters. The number of rotatable bonds is 5. The Labute approximate surface area is 173 Å². The molecule has 1 aliphatic heterocycles. The van der Waals surface area contributed by atoms with Crippen LogP contribution in [-0.4, -0.2) is 44.5 Å². The molecule has 9 heteroatoms. The van der Waals surface area contributed by atoms with Crippen molar-refractivity contribution >= 4 is 23.6 Å². The number of nitrogens with one attached hydrogen (secondary N) is 1. The number of anilines is 2. The van der Waals surface area contributed by atoms with E-state index in [4.69, 9.17) is 5.11 Å². The summed E-state index contributed by atoms with van der Waals surface area (Å²) in [6, 6.07) is 5.18. The first-order valence-electron chi connectivity index (χ1n) is 10.3. The number of carboxylic acid groups (broad SMARTS) is 1. The Morgan fingerprint density at radius 3 is 2.70 bits per heavy atom. The van der Waals surface area contributed by atoms with Gasteiger partial charge in [0.1, 0.15) is 11.5 Å². The highest BCUT2D eigenvalue weighted by Crippen LogP contribution is 2.28. The molecule has 0 radical (unpaired) electrons. The molecule has 2 aromatic heterocycles. The second kappa shape index (κ2) is 8.73. The fourth-order valence-corrected chi connectivity index (χ4v) is 4.04. The average Bonchev–Trinajstić information content (AvgIpc) is 2.76. The van der Waals surface area contributed by atoms with Gasteiger partial charge in [-0.15, -0.1) is 0 Å². The highest BCUT2D eigenvalue weighted by Gasteiger charge is 2.26. The van der Waals surface area contributed by atoms with Gasteiger partial charge in [0.15, 0.2) is 5.82 Å². The Hall–Kier alpha value is -3.10. The van der Waals surface area contributed by atoms with Crippen molar-refractivity contribution in [2.24, 2.45) is 5.92 Å². The lowest BCUT2D eigenvalue weighted by Crippen LogP contribution is -2.35. The molecule has 1 saturated carbocycles. The molecule has 3 heterocycles. The summed E-state index contributed by atoms with van der Waals surface area (Å²) in [4.78, 5) is 37.7. The number of carboxylic acids is 1. The van der Waals surface area contributed by atoms with E-state index in [1.54, 1.807) is 23.1 Å². The zero-order valence-electron chi connectivity index (χ0n) is 16.6. The summed E-state index contributed by atoms with van der Waals surface area (Å²) in [6.45, 7) is 0.605. The van der Waals surface area contributed by atoms with Gasteiger partial charge >= 0.3 is 5.97 Å². The summed E-state index contributed by atoms with van der Waals surface area (Å²) in [7, 11) is 0. The van der Waals surface area contributed by atoms with Crippen molar-refractivity contribution in [3.05, 3.63) is 30.2 Å². The van der Waals surface area contributed by atoms with E-state index < -0.39 is 11.8 Å². The van der Waals surface area contributed by atoms with Gasteiger partial charge < -0.3 is 10.4 Å². The van der Waals surface area contributed by atoms with E-state index in [2.05, 4.69) is 20.3 Å². The van der Waals surface area contributed by atoms with Crippen LogP contribution >= 0.6 is 0 Å². The van der Waals surface area contributed by atoms with Gasteiger partial charge in [0.05, 0.1) is 17.8 Å². The molecule has 4 rings (SSSR count). The monoisotopic (exact) mass is 413 g/mol. The minimum Gasteiger partial charge on any atom is -0.481 e. The maximum Gasteiger partial charge on any atom is 0.306 e. The SMILES string of the molecule is O=C1CCCCN1c1cccc(-c2nc(N[C@H]3CC[C@H](C(=O)O)CC3)ncc2F)n1. The molecule has 8 nitrogen and oxygen atoms in total. The lowest BCUT2D eigenvalue weighted by molar-refractivity contribution is -0.142. The summed E-state index contributed by atoms with van der Waals surface area (Å²) in [5.41, 5.74) is 0.404. The van der Waals surface area contributed by atoms with Crippen LogP contribution in [0.5, 0.6) is 0 Å². The molecule has 2 aromatic rings. The average molecular weight is 413 g/mol. The predicted molar refractivity (Wildman–Crippen MR) is 108 cm³/mol. The van der Waals surface area contributed by atoms with Gasteiger partial charge in [-0.05, 0) is 50.7 Å². The molecule has 0 spiro atoms. The van der Waals surface area contributed by atoms with Crippen LogP contribution in [0.1, 0.15) is 44.9 Å². The van der Waals surface area contributed by atoms with Gasteiger partial charge in [0, 0.05) is 19.0 Å². The van der Waals surface area contributed by atoms with Gasteiger partial charge in [0.2, 0.25) is 11.9 Å². The zero-order valence-corrected chi connectivity index (χ0v) is 16.6. The standard InChI is InChI=1S/C21H24FN5O3/c22-15-12-23-21(24-14-9-7-13(8-10-14)20(29)30)26-19(15)16-4-3-5-17(25-16)27-11-2-1-6-18(27)28/h3-5,12-14H,1-2,6-11H2,(H,29,30)(H,23,24,26)/t13-,14-. The van der Waals surface area contributed by atoms with Crippen molar-refractivity contribution in [2.75, 3.05) is 16.8 Å². The number of carbonyl (C=O) groups excluding carboxylic acids is 1. The minimum atomic E-state index is -0.757. The molecule has 1 amide bonds. The molecule has 30 heavy (non-hydrogen) atoms. The highest BCUT2D eigenvalue weighted by molar-refractivity contribution is 5.93. The van der Waals surface area contributed by atoms with Crippen molar-refractivity contribution in [1.82, 2.24) is 15.0 Å². The smallest absolute Gasteiger partial charge is 0.306 e. The third-order valence-electron chi connectivity index (χ3n) is 5.73. The Bertz CT molecular complexity index is 946. The van der Waals surface area contributed by atoms with E-state index in [1.165, 1.54) is 0 Å². The van der Waals surface area contributed by atoms with E-state index in [-0.39, 0.29) is 29.5 Å². The van der Waals surface area contributed by atoms with Gasteiger partial charge in [-0.2, -0.15) is 0 Å². The van der Waals surface area contributed by atoms with E-state index in [0.717, 1.165) is 19.0 Å². The number of nitrogens with zero attached hydrogens (tertiary/aromatic N) is 4. The topological polar surface area (TPSA) is 108 Å². The number of amides is 1. The second-order valence-electron chi connectivity index (χ2n) is 7.80. The number of hydrogen-bond acceptors (Lipinski definition) is 6. The maximum absolute atomic E-state index is 14.5. The Morgan fingerprint density at radius 1 is 1.17 bits per heavy atom. The summed E-state index contributed by atoms with van der Waals surface area (Å²) < 4.78 is 14.5. The van der Waals surface area contributed by atoms with Crippen LogP contribution in [0.2, 0.25) is 0 Å². The number of aromatic nitrogens is 3. The summed E-state index contributed by atoms with van der Waals surface area (Å²) in [6.07, 6.45) is 5.95. The third kappa shape index (κ3) is 4.39. The summed E-state index contributed by atoms with van der Waals surface area (Å²) in [5, 5.41) is 12.3. The lowest BCUT2D eigenvalue weighted by atomic mass is 9.86. The van der Waals surface area contributed by atoms with Crippen LogP contribution in [0.25, 0.3) is 11.4 Å². The largest absolute Gasteiger partial charge is 0.481 e. The fraction of sp³-hybridized carbons (Fsp3) is 0.476. The first-order valence-corrected chi connectivity index (χ1v) is 10.3. The van der Waals surface area contributed by atoms with Crippen LogP contribution < -0.4 is 10.2 Å². The highest BCUT2D eigenvalue weighted by atomic mass is 19.1. The number of carbonyl (C=O) groups is 2. The first kappa shape index (κ1) is 20.2. The number of hydrogen-bond donors (Lipinski definition) is 2. The number of aliphatic carboxylic acids is 1. The fourth-order valence-electron chi connectivity index (χ4n) is 4.04. The van der Waals surface area contributed by atoms with Crippen molar-refractivity contribution in [3.63, 3.8) is 0 Å². The van der Waals surface area contributed by atoms with Gasteiger partial charge in [-0.1, -0.05) is 6.07 Å². The molecule has 1 saturated heterocycles. The predicted octanol–water partition coefficient (Wildman–Crippen LogP) is 3.25. The van der Waals surface area contributed by atoms with Gasteiger partial charge in [-0.25, -0.2) is 19.3 Å². The zero-order chi connectivity index (χ0) is 21.1. The maximum atomic E-state index is 14.5. The molecule has 1 aliphatic carbocycles. The normalized spacial score (nSPS) is 22.0. The van der Waals surface area contributed by atoms with Crippen LogP contribution in [0.4, 0.5) is 16.2 Å². The first-order chi connectivity index (χ1) is 14.5. The van der Waals surface area contributed by atoms with Crippen molar-refractivity contribution in [1.29, 1.82) is 0 Å². The van der Waals surface area contributed by atoms with Crippen LogP contribution in [0.15, 0.2) is 24.4 Å². The lowest BCUT2D eigenvalue weighted by Gasteiger charge is -2.27. The number of pyridine rings is 1. The summed E-state index contributed by atoms with van der Waals surface area (Å²) in [5.74, 6) is -0.856. The van der Waals surface area contributed by atoms with Crippen LogP contribution in [-0.2, 0) is 9.59 Å². The molecule has 0 bridgehead atoms. The molecule has 0 aromatic carbocycles. The van der Waals surface area contributed by atoms with Crippen molar-refractivity contribution in [3.8, 4) is 11.4 Å². The Balaban J connectivity index is 1.52. The van der Waals surface area contributed by atoms with Gasteiger partial charge in [-0.3, -0.25) is 14.5 Å². The van der Waals surface area contributed by atoms with E-state index in [1.807, 2.05) is 0 Å². The second-order valence-corrected chi connectivity index (χ2v) is 7.80. The molecule has 158 valence electrons. The van der Waals surface area contributed by atoms with Crippen molar-refractivity contribution in [2.45, 2.75) is 51.0 Å². The van der Waals surface area contributed by atoms with Crippen LogP contribution in [0.3, 0.4) is 0 Å². The van der Waals surface area contributed by atoms with E-state index in [9.17, 15) is 14.0 Å². The van der Waals surface area contributed by atoms with Crippen LogP contribution in [0, 0.1) is 11.7 Å². The third-order valence-corrected chi connectivity index (χ3v) is 5.73. The molecular formula is C21H24FN5O3. The molecular weight excluding hydrogens is 389 g/mol. The molecule has 0 unspecified atom stereocenters. The quantitative estimate of drug-likeness (QED) is 0.774. The molecule has 2 fully saturated rings. The van der Waals surface area contributed by atoms with E-state index in [0.29, 0.717) is 50.2 Å². The molecule has 2 N–H and O–H groups in total. The molecule has 2 aliphatic rings.